The van der Waals surface area contributed by atoms with Gasteiger partial charge in [-0.15, -0.1) is 0 Å². The molecule has 120 valence electrons. The zero-order chi connectivity index (χ0) is 16.9. The summed E-state index contributed by atoms with van der Waals surface area (Å²) in [7, 11) is 2.11. The van der Waals surface area contributed by atoms with Gasteiger partial charge in [0.25, 0.3) is 6.33 Å². The van der Waals surface area contributed by atoms with Crippen LogP contribution in [0.3, 0.4) is 0 Å². The Morgan fingerprint density at radius 3 is 2.68 bits per heavy atom. The lowest BCUT2D eigenvalue weighted by Crippen LogP contribution is -2.29. The number of hydrogen-bond donors (Lipinski definition) is 0. The predicted octanol–water partition coefficient (Wildman–Crippen LogP) is 4.89. The van der Waals surface area contributed by atoms with Crippen molar-refractivity contribution in [1.29, 1.82) is 0 Å². The summed E-state index contributed by atoms with van der Waals surface area (Å²) >= 11 is 1.73. The Morgan fingerprint density at radius 1 is 1.04 bits per heavy atom. The molecule has 0 aliphatic rings. The Balaban J connectivity index is 2.15. The summed E-state index contributed by atoms with van der Waals surface area (Å²) in [6.45, 7) is 4.48. The van der Waals surface area contributed by atoms with Gasteiger partial charge in [-0.05, 0) is 40.7 Å². The van der Waals surface area contributed by atoms with Crippen molar-refractivity contribution in [2.75, 3.05) is 0 Å². The van der Waals surface area contributed by atoms with Gasteiger partial charge in [-0.25, -0.2) is 4.57 Å². The first-order valence-corrected chi connectivity index (χ1v) is 9.34. The second-order valence-corrected chi connectivity index (χ2v) is 7.81. The lowest BCUT2D eigenvalue weighted by atomic mass is 9.95. The summed E-state index contributed by atoms with van der Waals surface area (Å²) in [5, 5.41) is 8.93. The molecule has 0 spiro atoms. The van der Waals surface area contributed by atoms with E-state index in [1.165, 1.54) is 54.6 Å². The van der Waals surface area contributed by atoms with E-state index in [4.69, 9.17) is 0 Å². The van der Waals surface area contributed by atoms with Gasteiger partial charge in [-0.3, -0.25) is 0 Å². The summed E-state index contributed by atoms with van der Waals surface area (Å²) < 4.78 is 4.56. The zero-order valence-electron chi connectivity index (χ0n) is 14.3. The van der Waals surface area contributed by atoms with Gasteiger partial charge in [0.2, 0.25) is 4.83 Å². The van der Waals surface area contributed by atoms with Gasteiger partial charge in [-0.1, -0.05) is 35.6 Å². The SMILES string of the molecule is Cc1cn2c3csc4nc[n+](C)c(c5c(C)c6ccccc6c1c52)c43. The number of pyridine rings is 1. The number of rotatable bonds is 0. The molecule has 0 amide bonds. The summed E-state index contributed by atoms with van der Waals surface area (Å²) in [5.74, 6) is 0. The summed E-state index contributed by atoms with van der Waals surface area (Å²) in [5.41, 5.74) is 6.57. The number of nitrogens with zero attached hydrogens (tertiary/aromatic N) is 3. The molecule has 0 aliphatic carbocycles. The lowest BCUT2D eigenvalue weighted by molar-refractivity contribution is -0.646. The molecule has 0 aliphatic heterocycles. The second-order valence-electron chi connectivity index (χ2n) is 6.96. The molecule has 4 aromatic heterocycles. The molecular weight excluding hydrogens is 326 g/mol. The first-order chi connectivity index (χ1) is 12.2. The third kappa shape index (κ3) is 1.43. The number of aromatic nitrogens is 3. The van der Waals surface area contributed by atoms with Crippen LogP contribution in [0.2, 0.25) is 0 Å². The average Bonchev–Trinajstić information content (AvgIpc) is 3.19. The number of hydrogen-bond acceptors (Lipinski definition) is 2. The third-order valence-corrected chi connectivity index (χ3v) is 6.47. The maximum absolute atomic E-state index is 4.65. The summed E-state index contributed by atoms with van der Waals surface area (Å²) in [4.78, 5) is 5.76. The van der Waals surface area contributed by atoms with E-state index in [2.05, 4.69) is 70.7 Å². The van der Waals surface area contributed by atoms with E-state index in [-0.39, 0.29) is 0 Å². The van der Waals surface area contributed by atoms with Crippen molar-refractivity contribution in [2.24, 2.45) is 7.05 Å². The molecular formula is C21H16N3S+. The van der Waals surface area contributed by atoms with Crippen molar-refractivity contribution in [3.63, 3.8) is 0 Å². The third-order valence-electron chi connectivity index (χ3n) is 5.59. The van der Waals surface area contributed by atoms with Crippen LogP contribution in [0.25, 0.3) is 48.3 Å². The monoisotopic (exact) mass is 342 g/mol. The lowest BCUT2D eigenvalue weighted by Gasteiger charge is -2.13. The van der Waals surface area contributed by atoms with Crippen LogP contribution in [-0.4, -0.2) is 9.38 Å². The van der Waals surface area contributed by atoms with Gasteiger partial charge >= 0.3 is 0 Å². The number of fused-ring (bicyclic) bond motifs is 4. The van der Waals surface area contributed by atoms with Crippen molar-refractivity contribution >= 4 is 59.6 Å². The van der Waals surface area contributed by atoms with Crippen molar-refractivity contribution in [2.45, 2.75) is 13.8 Å². The Bertz CT molecular complexity index is 1470. The number of aryl methyl sites for hydroxylation is 3. The van der Waals surface area contributed by atoms with Crippen molar-refractivity contribution in [1.82, 2.24) is 9.38 Å². The molecule has 4 heterocycles. The van der Waals surface area contributed by atoms with E-state index >= 15 is 0 Å². The van der Waals surface area contributed by atoms with Gasteiger partial charge in [-0.2, -0.15) is 0 Å². The molecule has 3 nitrogen and oxygen atoms in total. The van der Waals surface area contributed by atoms with Crippen LogP contribution in [-0.2, 0) is 7.05 Å². The topological polar surface area (TPSA) is 21.2 Å². The minimum atomic E-state index is 1.11. The molecule has 25 heavy (non-hydrogen) atoms. The van der Waals surface area contributed by atoms with Crippen molar-refractivity contribution in [3.8, 4) is 0 Å². The fraction of sp³-hybridized carbons (Fsp3) is 0.143. The number of benzene rings is 2. The van der Waals surface area contributed by atoms with Crippen LogP contribution in [0.5, 0.6) is 0 Å². The molecule has 0 radical (unpaired) electrons. The van der Waals surface area contributed by atoms with E-state index in [1.807, 2.05) is 6.33 Å². The van der Waals surface area contributed by atoms with Gasteiger partial charge in [0, 0.05) is 17.0 Å². The highest BCUT2D eigenvalue weighted by Crippen LogP contribution is 2.42. The van der Waals surface area contributed by atoms with Crippen LogP contribution in [0.1, 0.15) is 11.1 Å². The highest BCUT2D eigenvalue weighted by atomic mass is 32.1. The highest BCUT2D eigenvalue weighted by Gasteiger charge is 2.24. The molecule has 0 bridgehead atoms. The Kier molecular flexibility index (Phi) is 2.31. The molecule has 4 heteroatoms. The van der Waals surface area contributed by atoms with E-state index in [1.54, 1.807) is 11.3 Å². The Labute approximate surface area is 148 Å². The molecule has 0 saturated heterocycles. The van der Waals surface area contributed by atoms with Crippen LogP contribution in [0, 0.1) is 13.8 Å². The summed E-state index contributed by atoms with van der Waals surface area (Å²) in [6, 6.07) is 8.79. The molecule has 0 atom stereocenters. The second kappa shape index (κ2) is 4.27. The molecule has 0 N–H and O–H groups in total. The first-order valence-electron chi connectivity index (χ1n) is 8.46. The molecule has 0 fully saturated rings. The van der Waals surface area contributed by atoms with Crippen LogP contribution < -0.4 is 4.57 Å². The average molecular weight is 342 g/mol. The van der Waals surface area contributed by atoms with Gasteiger partial charge < -0.3 is 4.40 Å². The number of thiophene rings is 1. The molecule has 6 aromatic rings. The van der Waals surface area contributed by atoms with Crippen LogP contribution >= 0.6 is 11.3 Å². The first kappa shape index (κ1) is 13.6. The van der Waals surface area contributed by atoms with E-state index in [0.29, 0.717) is 0 Å². The van der Waals surface area contributed by atoms with Crippen molar-refractivity contribution < 1.29 is 4.57 Å². The van der Waals surface area contributed by atoms with E-state index < -0.39 is 0 Å². The molecule has 0 unspecified atom stereocenters. The van der Waals surface area contributed by atoms with Crippen molar-refractivity contribution in [3.05, 3.63) is 53.3 Å². The van der Waals surface area contributed by atoms with Gasteiger partial charge in [0.05, 0.1) is 23.5 Å². The maximum atomic E-state index is 4.65. The highest BCUT2D eigenvalue weighted by molar-refractivity contribution is 7.17. The quantitative estimate of drug-likeness (QED) is 0.219. The van der Waals surface area contributed by atoms with Gasteiger partial charge in [0.15, 0.2) is 5.52 Å². The minimum Gasteiger partial charge on any atom is -0.314 e. The Morgan fingerprint density at radius 2 is 1.84 bits per heavy atom. The van der Waals surface area contributed by atoms with Crippen LogP contribution in [0.4, 0.5) is 0 Å². The van der Waals surface area contributed by atoms with Gasteiger partial charge in [0.1, 0.15) is 5.39 Å². The normalized spacial score (nSPS) is 12.6. The smallest absolute Gasteiger partial charge is 0.288 e. The molecule has 0 saturated carbocycles. The molecule has 6 rings (SSSR count). The minimum absolute atomic E-state index is 1.11. The Hall–Kier alpha value is -2.72. The molecule has 2 aromatic carbocycles. The fourth-order valence-corrected chi connectivity index (χ4v) is 5.43. The van der Waals surface area contributed by atoms with Crippen LogP contribution in [0.15, 0.2) is 42.2 Å². The largest absolute Gasteiger partial charge is 0.314 e. The standard InChI is InChI=1S/C21H16N3S/c1-11-8-24-15-9-25-21-18(15)19(23(3)10-22-21)17-12(2)13-6-4-5-7-14(13)16(11)20(17)24/h4-10H,1-3H3/q+1. The fourth-order valence-electron chi connectivity index (χ4n) is 4.54. The maximum Gasteiger partial charge on any atom is 0.288 e. The zero-order valence-corrected chi connectivity index (χ0v) is 15.1. The summed E-state index contributed by atoms with van der Waals surface area (Å²) in [6.07, 6.45) is 4.24. The van der Waals surface area contributed by atoms with E-state index in [9.17, 15) is 0 Å². The predicted molar refractivity (Wildman–Crippen MR) is 105 cm³/mol. The van der Waals surface area contributed by atoms with E-state index in [0.717, 1.165) is 4.83 Å².